The maximum atomic E-state index is 13.1. The number of rotatable bonds is 5. The predicted molar refractivity (Wildman–Crippen MR) is 101 cm³/mol. The fourth-order valence-electron chi connectivity index (χ4n) is 2.62. The molecule has 0 saturated carbocycles. The van der Waals surface area contributed by atoms with Crippen LogP contribution in [0.25, 0.3) is 11.1 Å². The van der Waals surface area contributed by atoms with Gasteiger partial charge in [0, 0.05) is 0 Å². The summed E-state index contributed by atoms with van der Waals surface area (Å²) in [6.07, 6.45) is 0. The highest BCUT2D eigenvalue weighted by Gasteiger charge is 2.16. The molecular weight excluding hydrogens is 367 g/mol. The van der Waals surface area contributed by atoms with E-state index in [1.165, 1.54) is 24.3 Å². The predicted octanol–water partition coefficient (Wildman–Crippen LogP) is 4.16. The lowest BCUT2D eigenvalue weighted by atomic mass is 10.00. The highest BCUT2D eigenvalue weighted by molar-refractivity contribution is 7.15. The lowest BCUT2D eigenvalue weighted by molar-refractivity contribution is 0.0711. The Kier molecular flexibility index (Phi) is 5.63. The summed E-state index contributed by atoms with van der Waals surface area (Å²) in [4.78, 5) is 24.4. The summed E-state index contributed by atoms with van der Waals surface area (Å²) in [6.45, 7) is 1.86. The smallest absolute Gasteiger partial charge is 0.284 e. The maximum Gasteiger partial charge on any atom is 0.284 e. The first kappa shape index (κ1) is 18.8. The molecule has 0 spiro atoms. The summed E-state index contributed by atoms with van der Waals surface area (Å²) in [6, 6.07) is 16.6. The Morgan fingerprint density at radius 1 is 0.963 bits per heavy atom. The number of carbonyl (C=O) groups is 2. The molecule has 0 aliphatic carbocycles. The van der Waals surface area contributed by atoms with E-state index in [1.807, 2.05) is 31.2 Å². The summed E-state index contributed by atoms with van der Waals surface area (Å²) in [5.41, 5.74) is 4.25. The molecular formula is C20H17FN2O3S. The van der Waals surface area contributed by atoms with E-state index in [4.69, 9.17) is 5.21 Å². The average Bonchev–Trinajstić information content (AvgIpc) is 3.18. The van der Waals surface area contributed by atoms with E-state index in [1.54, 1.807) is 17.6 Å². The van der Waals surface area contributed by atoms with Gasteiger partial charge in [-0.2, -0.15) is 0 Å². The molecule has 1 atom stereocenters. The van der Waals surface area contributed by atoms with E-state index in [-0.39, 0.29) is 22.6 Å². The van der Waals surface area contributed by atoms with Crippen molar-refractivity contribution in [2.45, 2.75) is 13.0 Å². The molecule has 2 aromatic carbocycles. The molecule has 3 N–H and O–H groups in total. The lowest BCUT2D eigenvalue weighted by Crippen LogP contribution is -2.25. The third kappa shape index (κ3) is 4.39. The summed E-state index contributed by atoms with van der Waals surface area (Å²) >= 11 is 0.993. The van der Waals surface area contributed by atoms with E-state index in [9.17, 15) is 14.0 Å². The van der Waals surface area contributed by atoms with E-state index in [2.05, 4.69) is 5.32 Å². The fraction of sp³-hybridized carbons (Fsp3) is 0.100. The minimum Gasteiger partial charge on any atom is -0.345 e. The van der Waals surface area contributed by atoms with Crippen LogP contribution in [0.15, 0.2) is 60.7 Å². The van der Waals surface area contributed by atoms with Crippen molar-refractivity contribution in [2.24, 2.45) is 0 Å². The number of hydrogen-bond donors (Lipinski definition) is 3. The van der Waals surface area contributed by atoms with Crippen molar-refractivity contribution in [3.8, 4) is 11.1 Å². The van der Waals surface area contributed by atoms with Crippen molar-refractivity contribution in [1.82, 2.24) is 10.8 Å². The van der Waals surface area contributed by atoms with Crippen LogP contribution in [0, 0.1) is 5.82 Å². The first-order chi connectivity index (χ1) is 13.0. The van der Waals surface area contributed by atoms with Crippen LogP contribution in [-0.2, 0) is 0 Å². The van der Waals surface area contributed by atoms with Gasteiger partial charge in [0.1, 0.15) is 5.82 Å². The first-order valence-corrected chi connectivity index (χ1v) is 9.00. The van der Waals surface area contributed by atoms with Crippen LogP contribution in [0.5, 0.6) is 0 Å². The van der Waals surface area contributed by atoms with Crippen molar-refractivity contribution >= 4 is 23.2 Å². The second-order valence-electron chi connectivity index (χ2n) is 5.93. The van der Waals surface area contributed by atoms with Crippen LogP contribution < -0.4 is 10.8 Å². The summed E-state index contributed by atoms with van der Waals surface area (Å²) in [5, 5.41) is 11.5. The number of hydrogen-bond acceptors (Lipinski definition) is 4. The molecule has 1 unspecified atom stereocenters. The topological polar surface area (TPSA) is 78.4 Å². The fourth-order valence-corrected chi connectivity index (χ4v) is 3.42. The molecule has 3 rings (SSSR count). The molecule has 0 bridgehead atoms. The zero-order valence-electron chi connectivity index (χ0n) is 14.4. The van der Waals surface area contributed by atoms with Crippen LogP contribution in [0.3, 0.4) is 0 Å². The molecule has 27 heavy (non-hydrogen) atoms. The van der Waals surface area contributed by atoms with Crippen molar-refractivity contribution in [3.63, 3.8) is 0 Å². The minimum absolute atomic E-state index is 0.244. The summed E-state index contributed by atoms with van der Waals surface area (Å²) in [5.74, 6) is -1.25. The van der Waals surface area contributed by atoms with Gasteiger partial charge in [-0.05, 0) is 53.9 Å². The third-order valence-electron chi connectivity index (χ3n) is 4.07. The second kappa shape index (κ2) is 8.11. The van der Waals surface area contributed by atoms with Crippen LogP contribution in [-0.4, -0.2) is 17.0 Å². The summed E-state index contributed by atoms with van der Waals surface area (Å²) in [7, 11) is 0. The molecule has 2 amide bonds. The normalized spacial score (nSPS) is 11.7. The van der Waals surface area contributed by atoms with Crippen LogP contribution in [0.2, 0.25) is 0 Å². The molecule has 3 aromatic rings. The molecule has 0 fully saturated rings. The molecule has 0 radical (unpaired) electrons. The van der Waals surface area contributed by atoms with Crippen molar-refractivity contribution in [2.75, 3.05) is 0 Å². The molecule has 0 aliphatic rings. The number of benzene rings is 2. The van der Waals surface area contributed by atoms with Gasteiger partial charge in [-0.1, -0.05) is 30.3 Å². The molecule has 0 aliphatic heterocycles. The minimum atomic E-state index is -0.654. The van der Waals surface area contributed by atoms with E-state index in [0.29, 0.717) is 4.88 Å². The Hall–Kier alpha value is -3.03. The Labute approximate surface area is 159 Å². The van der Waals surface area contributed by atoms with Crippen LogP contribution in [0.4, 0.5) is 4.39 Å². The van der Waals surface area contributed by atoms with E-state index in [0.717, 1.165) is 28.0 Å². The average molecular weight is 384 g/mol. The monoisotopic (exact) mass is 384 g/mol. The van der Waals surface area contributed by atoms with E-state index >= 15 is 0 Å². The van der Waals surface area contributed by atoms with Gasteiger partial charge in [-0.15, -0.1) is 11.3 Å². The third-order valence-corrected chi connectivity index (χ3v) is 5.15. The SMILES string of the molecule is CC(NC(=O)c1ccc(C(=O)NO)s1)c1cccc(-c2ccc(F)cc2)c1. The number of thiophene rings is 1. The number of halogens is 1. The maximum absolute atomic E-state index is 13.1. The van der Waals surface area contributed by atoms with Crippen molar-refractivity contribution in [3.05, 3.63) is 81.8 Å². The first-order valence-electron chi connectivity index (χ1n) is 8.19. The Morgan fingerprint density at radius 3 is 2.30 bits per heavy atom. The molecule has 1 heterocycles. The molecule has 5 nitrogen and oxygen atoms in total. The van der Waals surface area contributed by atoms with Gasteiger partial charge in [-0.25, -0.2) is 9.87 Å². The molecule has 138 valence electrons. The van der Waals surface area contributed by atoms with Crippen LogP contribution >= 0.6 is 11.3 Å². The zero-order chi connectivity index (χ0) is 19.4. The highest BCUT2D eigenvalue weighted by Crippen LogP contribution is 2.24. The number of nitrogens with one attached hydrogen (secondary N) is 2. The molecule has 7 heteroatoms. The largest absolute Gasteiger partial charge is 0.345 e. The number of amides is 2. The van der Waals surface area contributed by atoms with Gasteiger partial charge in [0.05, 0.1) is 15.8 Å². The number of carbonyl (C=O) groups excluding carboxylic acids is 2. The van der Waals surface area contributed by atoms with Gasteiger partial charge in [-0.3, -0.25) is 14.8 Å². The zero-order valence-corrected chi connectivity index (χ0v) is 15.2. The molecule has 0 saturated heterocycles. The number of hydroxylamine groups is 1. The van der Waals surface area contributed by atoms with E-state index < -0.39 is 5.91 Å². The standard InChI is InChI=1S/C20H17FN2O3S/c1-12(22-19(24)17-9-10-18(27-17)20(25)23-26)14-3-2-4-15(11-14)13-5-7-16(21)8-6-13/h2-12,26H,1H3,(H,22,24)(H,23,25). The Bertz CT molecular complexity index is 969. The highest BCUT2D eigenvalue weighted by atomic mass is 32.1. The molecule has 1 aromatic heterocycles. The Balaban J connectivity index is 1.74. The van der Waals surface area contributed by atoms with Crippen molar-refractivity contribution in [1.29, 1.82) is 0 Å². The van der Waals surface area contributed by atoms with Gasteiger partial charge in [0.2, 0.25) is 0 Å². The Morgan fingerprint density at radius 2 is 1.63 bits per heavy atom. The van der Waals surface area contributed by atoms with Gasteiger partial charge in [0.25, 0.3) is 11.8 Å². The quantitative estimate of drug-likeness (QED) is 0.456. The lowest BCUT2D eigenvalue weighted by Gasteiger charge is -2.15. The van der Waals surface area contributed by atoms with Gasteiger partial charge >= 0.3 is 0 Å². The van der Waals surface area contributed by atoms with Crippen LogP contribution in [0.1, 0.15) is 37.9 Å². The van der Waals surface area contributed by atoms with Crippen molar-refractivity contribution < 1.29 is 19.2 Å². The second-order valence-corrected chi connectivity index (χ2v) is 7.02. The summed E-state index contributed by atoms with van der Waals surface area (Å²) < 4.78 is 13.1. The van der Waals surface area contributed by atoms with Gasteiger partial charge < -0.3 is 5.32 Å². The van der Waals surface area contributed by atoms with Gasteiger partial charge in [0.15, 0.2) is 0 Å².